The van der Waals surface area contributed by atoms with Crippen LogP contribution in [0.2, 0.25) is 0 Å². The van der Waals surface area contributed by atoms with E-state index in [-0.39, 0.29) is 18.6 Å². The van der Waals surface area contributed by atoms with E-state index in [1.54, 1.807) is 0 Å². The second-order valence-corrected chi connectivity index (χ2v) is 7.88. The number of likely N-dealkylation sites (tertiary alicyclic amines) is 1. The minimum Gasteiger partial charge on any atom is -0.429 e. The van der Waals surface area contributed by atoms with Gasteiger partial charge in [0.1, 0.15) is 6.61 Å². The number of fused-ring (bicyclic) bond motifs is 1. The first-order valence-corrected chi connectivity index (χ1v) is 10.4. The van der Waals surface area contributed by atoms with E-state index in [4.69, 9.17) is 9.47 Å². The van der Waals surface area contributed by atoms with Gasteiger partial charge < -0.3 is 14.4 Å². The van der Waals surface area contributed by atoms with E-state index in [9.17, 15) is 9.59 Å². The van der Waals surface area contributed by atoms with Crippen LogP contribution in [0.4, 0.5) is 4.79 Å². The standard InChI is InChI=1S/C24H27NO4/c26-22(15-14-18-8-3-1-4-9-18)25-21-13-7-12-20(21)16-23(25)29-24(27)28-17-19-10-5-2-6-11-19/h1-6,8-11,20-21,23H,7,12-17H2/t20-,21-,23-/m0/s1. The fraction of sp³-hybridized carbons (Fsp3) is 0.417. The summed E-state index contributed by atoms with van der Waals surface area (Å²) in [5.74, 6) is 0.478. The lowest BCUT2D eigenvalue weighted by Crippen LogP contribution is -2.43. The number of carbonyl (C=O) groups excluding carboxylic acids is 2. The fourth-order valence-electron chi connectivity index (χ4n) is 4.58. The monoisotopic (exact) mass is 393 g/mol. The molecule has 0 radical (unpaired) electrons. The van der Waals surface area contributed by atoms with E-state index in [0.717, 1.165) is 30.4 Å². The van der Waals surface area contributed by atoms with Crippen molar-refractivity contribution in [2.45, 2.75) is 57.4 Å². The van der Waals surface area contributed by atoms with Gasteiger partial charge in [-0.15, -0.1) is 0 Å². The van der Waals surface area contributed by atoms with Crippen LogP contribution >= 0.6 is 0 Å². The lowest BCUT2D eigenvalue weighted by atomic mass is 10.0. The minimum atomic E-state index is -0.709. The first-order valence-electron chi connectivity index (χ1n) is 10.4. The number of nitrogens with zero attached hydrogens (tertiary/aromatic N) is 1. The van der Waals surface area contributed by atoms with Gasteiger partial charge in [0.05, 0.1) is 0 Å². The highest BCUT2D eigenvalue weighted by atomic mass is 16.7. The Bertz CT molecular complexity index is 823. The topological polar surface area (TPSA) is 55.8 Å². The van der Waals surface area contributed by atoms with Gasteiger partial charge in [0.25, 0.3) is 0 Å². The first-order chi connectivity index (χ1) is 14.2. The van der Waals surface area contributed by atoms with Crippen LogP contribution in [0.3, 0.4) is 0 Å². The van der Waals surface area contributed by atoms with Crippen molar-refractivity contribution in [3.63, 3.8) is 0 Å². The van der Waals surface area contributed by atoms with Gasteiger partial charge in [-0.05, 0) is 36.3 Å². The van der Waals surface area contributed by atoms with Gasteiger partial charge in [-0.25, -0.2) is 4.79 Å². The van der Waals surface area contributed by atoms with Crippen LogP contribution < -0.4 is 0 Å². The molecule has 2 aromatic carbocycles. The van der Waals surface area contributed by atoms with Gasteiger partial charge in [-0.1, -0.05) is 67.1 Å². The summed E-state index contributed by atoms with van der Waals surface area (Å²) in [4.78, 5) is 27.1. The zero-order valence-electron chi connectivity index (χ0n) is 16.5. The van der Waals surface area contributed by atoms with E-state index < -0.39 is 12.4 Å². The molecule has 0 N–H and O–H groups in total. The van der Waals surface area contributed by atoms with Crippen LogP contribution in [-0.4, -0.2) is 29.2 Å². The number of carbonyl (C=O) groups is 2. The van der Waals surface area contributed by atoms with Crippen molar-refractivity contribution in [2.75, 3.05) is 0 Å². The van der Waals surface area contributed by atoms with Crippen molar-refractivity contribution in [3.05, 3.63) is 71.8 Å². The molecule has 152 valence electrons. The van der Waals surface area contributed by atoms with Crippen molar-refractivity contribution >= 4 is 12.1 Å². The zero-order valence-corrected chi connectivity index (χ0v) is 16.5. The predicted molar refractivity (Wildman–Crippen MR) is 109 cm³/mol. The lowest BCUT2D eigenvalue weighted by molar-refractivity contribution is -0.142. The quantitative estimate of drug-likeness (QED) is 0.668. The maximum atomic E-state index is 13.0. The summed E-state index contributed by atoms with van der Waals surface area (Å²) < 4.78 is 10.9. The predicted octanol–water partition coefficient (Wildman–Crippen LogP) is 4.70. The van der Waals surface area contributed by atoms with Gasteiger partial charge >= 0.3 is 6.16 Å². The van der Waals surface area contributed by atoms with E-state index in [2.05, 4.69) is 0 Å². The van der Waals surface area contributed by atoms with Crippen LogP contribution in [0.5, 0.6) is 0 Å². The Morgan fingerprint density at radius 2 is 1.62 bits per heavy atom. The Balaban J connectivity index is 1.35. The third-order valence-electron chi connectivity index (χ3n) is 5.98. The molecule has 4 rings (SSSR count). The van der Waals surface area contributed by atoms with Crippen molar-refractivity contribution in [3.8, 4) is 0 Å². The molecule has 29 heavy (non-hydrogen) atoms. The number of benzene rings is 2. The van der Waals surface area contributed by atoms with E-state index in [0.29, 0.717) is 25.2 Å². The molecule has 5 nitrogen and oxygen atoms in total. The smallest absolute Gasteiger partial charge is 0.429 e. The summed E-state index contributed by atoms with van der Waals surface area (Å²) in [5, 5.41) is 0. The van der Waals surface area contributed by atoms with E-state index in [1.165, 1.54) is 0 Å². The molecule has 3 atom stereocenters. The number of amides is 1. The molecule has 5 heteroatoms. The van der Waals surface area contributed by atoms with Crippen LogP contribution in [0.25, 0.3) is 0 Å². The average molecular weight is 393 g/mol. The van der Waals surface area contributed by atoms with Crippen LogP contribution in [0.1, 0.15) is 43.2 Å². The van der Waals surface area contributed by atoms with Gasteiger partial charge in [-0.3, -0.25) is 4.79 Å². The molecule has 1 aliphatic heterocycles. The van der Waals surface area contributed by atoms with E-state index >= 15 is 0 Å². The molecule has 1 heterocycles. The third-order valence-corrected chi connectivity index (χ3v) is 5.98. The normalized spacial score (nSPS) is 22.9. The highest BCUT2D eigenvalue weighted by Crippen LogP contribution is 2.42. The fourth-order valence-corrected chi connectivity index (χ4v) is 4.58. The Kier molecular flexibility index (Phi) is 6.13. The van der Waals surface area contributed by atoms with Gasteiger partial charge in [0.15, 0.2) is 6.23 Å². The molecule has 1 aliphatic carbocycles. The van der Waals surface area contributed by atoms with Crippen LogP contribution in [-0.2, 0) is 27.3 Å². The Morgan fingerprint density at radius 1 is 0.931 bits per heavy atom. The molecule has 0 spiro atoms. The maximum absolute atomic E-state index is 13.0. The molecule has 2 fully saturated rings. The SMILES string of the molecule is O=C(OCc1ccccc1)O[C@H]1C[C@@H]2CCC[C@@H]2N1C(=O)CCc1ccccc1. The first kappa shape index (κ1) is 19.5. The summed E-state index contributed by atoms with van der Waals surface area (Å²) in [5.41, 5.74) is 2.05. The molecular formula is C24H27NO4. The largest absolute Gasteiger partial charge is 0.510 e. The average Bonchev–Trinajstić information content (AvgIpc) is 3.33. The maximum Gasteiger partial charge on any atom is 0.510 e. The summed E-state index contributed by atoms with van der Waals surface area (Å²) in [6.07, 6.45) is 3.81. The Morgan fingerprint density at radius 3 is 2.34 bits per heavy atom. The van der Waals surface area contributed by atoms with Gasteiger partial charge in [0.2, 0.25) is 5.91 Å². The van der Waals surface area contributed by atoms with Gasteiger partial charge in [0, 0.05) is 18.9 Å². The second kappa shape index (κ2) is 9.12. The molecular weight excluding hydrogens is 366 g/mol. The lowest BCUT2D eigenvalue weighted by Gasteiger charge is -2.29. The summed E-state index contributed by atoms with van der Waals surface area (Å²) in [6.45, 7) is 0.168. The summed E-state index contributed by atoms with van der Waals surface area (Å²) in [6, 6.07) is 19.7. The molecule has 0 bridgehead atoms. The highest BCUT2D eigenvalue weighted by Gasteiger charge is 2.47. The van der Waals surface area contributed by atoms with Crippen molar-refractivity contribution < 1.29 is 19.1 Å². The number of hydrogen-bond donors (Lipinski definition) is 0. The van der Waals surface area contributed by atoms with Crippen molar-refractivity contribution in [2.24, 2.45) is 5.92 Å². The minimum absolute atomic E-state index is 0.0594. The zero-order chi connectivity index (χ0) is 20.1. The van der Waals surface area contributed by atoms with Crippen LogP contribution in [0.15, 0.2) is 60.7 Å². The molecule has 0 unspecified atom stereocenters. The second-order valence-electron chi connectivity index (χ2n) is 7.88. The molecule has 2 aliphatic rings. The highest BCUT2D eigenvalue weighted by molar-refractivity contribution is 5.78. The molecule has 0 aromatic heterocycles. The molecule has 2 aromatic rings. The summed E-state index contributed by atoms with van der Waals surface area (Å²) in [7, 11) is 0. The Hall–Kier alpha value is -2.82. The molecule has 1 saturated heterocycles. The number of aryl methyl sites for hydroxylation is 1. The third kappa shape index (κ3) is 4.78. The molecule has 1 amide bonds. The number of rotatable bonds is 6. The van der Waals surface area contributed by atoms with Crippen molar-refractivity contribution in [1.82, 2.24) is 4.90 Å². The van der Waals surface area contributed by atoms with Crippen LogP contribution in [0, 0.1) is 5.92 Å². The van der Waals surface area contributed by atoms with Gasteiger partial charge in [-0.2, -0.15) is 0 Å². The number of hydrogen-bond acceptors (Lipinski definition) is 4. The van der Waals surface area contributed by atoms with E-state index in [1.807, 2.05) is 65.6 Å². The Labute approximate surface area is 171 Å². The molecule has 1 saturated carbocycles. The summed E-state index contributed by atoms with van der Waals surface area (Å²) >= 11 is 0. The van der Waals surface area contributed by atoms with Crippen molar-refractivity contribution in [1.29, 1.82) is 0 Å². The number of ether oxygens (including phenoxy) is 2.